The minimum absolute atomic E-state index is 0.0224. The SMILES string of the molecule is CCNC(C)c1ccc(Br)cc1OCCS(C)(=O)=O. The summed E-state index contributed by atoms with van der Waals surface area (Å²) in [5, 5.41) is 3.31. The maximum absolute atomic E-state index is 11.1. The van der Waals surface area contributed by atoms with E-state index in [1.165, 1.54) is 6.26 Å². The Balaban J connectivity index is 2.82. The number of hydrogen-bond acceptors (Lipinski definition) is 4. The average molecular weight is 350 g/mol. The average Bonchev–Trinajstić information content (AvgIpc) is 2.27. The van der Waals surface area contributed by atoms with Crippen molar-refractivity contribution >= 4 is 25.8 Å². The standard InChI is InChI=1S/C13H20BrNO3S/c1-4-15-10(2)12-6-5-11(14)9-13(12)18-7-8-19(3,16)17/h5-6,9-10,15H,4,7-8H2,1-3H3. The molecule has 4 nitrogen and oxygen atoms in total. The summed E-state index contributed by atoms with van der Waals surface area (Å²) in [6, 6.07) is 5.96. The molecule has 1 N–H and O–H groups in total. The molecule has 0 bridgehead atoms. The summed E-state index contributed by atoms with van der Waals surface area (Å²) in [6.45, 7) is 5.12. The van der Waals surface area contributed by atoms with Crippen molar-refractivity contribution in [1.29, 1.82) is 0 Å². The van der Waals surface area contributed by atoms with Crippen molar-refractivity contribution in [2.24, 2.45) is 0 Å². The molecule has 6 heteroatoms. The van der Waals surface area contributed by atoms with Crippen molar-refractivity contribution in [2.75, 3.05) is 25.2 Å². The molecule has 1 aromatic carbocycles. The van der Waals surface area contributed by atoms with E-state index >= 15 is 0 Å². The minimum atomic E-state index is -3.00. The predicted octanol–water partition coefficient (Wildman–Crippen LogP) is 2.54. The molecule has 0 aromatic heterocycles. The molecular formula is C13H20BrNO3S. The molecule has 0 amide bonds. The molecule has 108 valence electrons. The normalized spacial score (nSPS) is 13.3. The Morgan fingerprint density at radius 3 is 2.68 bits per heavy atom. The Hall–Kier alpha value is -0.590. The Morgan fingerprint density at radius 1 is 1.42 bits per heavy atom. The van der Waals surface area contributed by atoms with Crippen molar-refractivity contribution in [3.63, 3.8) is 0 Å². The van der Waals surface area contributed by atoms with Crippen molar-refractivity contribution in [1.82, 2.24) is 5.32 Å². The number of benzene rings is 1. The van der Waals surface area contributed by atoms with E-state index < -0.39 is 9.84 Å². The third kappa shape index (κ3) is 5.93. The van der Waals surface area contributed by atoms with Crippen molar-refractivity contribution in [3.05, 3.63) is 28.2 Å². The third-order valence-electron chi connectivity index (χ3n) is 2.66. The van der Waals surface area contributed by atoms with E-state index in [4.69, 9.17) is 4.74 Å². The highest BCUT2D eigenvalue weighted by atomic mass is 79.9. The number of rotatable bonds is 7. The third-order valence-corrected chi connectivity index (χ3v) is 4.07. The van der Waals surface area contributed by atoms with E-state index in [2.05, 4.69) is 28.2 Å². The van der Waals surface area contributed by atoms with Gasteiger partial charge in [0.25, 0.3) is 0 Å². The molecule has 0 aliphatic carbocycles. The van der Waals surface area contributed by atoms with Crippen LogP contribution in [0.3, 0.4) is 0 Å². The van der Waals surface area contributed by atoms with Crippen LogP contribution in [0.25, 0.3) is 0 Å². The van der Waals surface area contributed by atoms with Gasteiger partial charge in [-0.05, 0) is 25.6 Å². The molecule has 1 atom stereocenters. The largest absolute Gasteiger partial charge is 0.492 e. The molecule has 0 saturated carbocycles. The van der Waals surface area contributed by atoms with Gasteiger partial charge in [0.1, 0.15) is 12.4 Å². The number of halogens is 1. The first-order valence-corrected chi connectivity index (χ1v) is 9.02. The molecule has 1 unspecified atom stereocenters. The van der Waals surface area contributed by atoms with Crippen LogP contribution >= 0.6 is 15.9 Å². The van der Waals surface area contributed by atoms with Crippen LogP contribution in [-0.2, 0) is 9.84 Å². The van der Waals surface area contributed by atoms with Gasteiger partial charge in [-0.15, -0.1) is 0 Å². The molecule has 0 saturated heterocycles. The van der Waals surface area contributed by atoms with E-state index in [1.54, 1.807) is 0 Å². The Morgan fingerprint density at radius 2 is 2.11 bits per heavy atom. The van der Waals surface area contributed by atoms with Gasteiger partial charge in [-0.1, -0.05) is 28.9 Å². The van der Waals surface area contributed by atoms with E-state index in [1.807, 2.05) is 25.1 Å². The van der Waals surface area contributed by atoms with Gasteiger partial charge in [-0.25, -0.2) is 8.42 Å². The summed E-state index contributed by atoms with van der Waals surface area (Å²) in [6.07, 6.45) is 1.21. The number of sulfone groups is 1. The zero-order chi connectivity index (χ0) is 14.5. The lowest BCUT2D eigenvalue weighted by Gasteiger charge is -2.18. The summed E-state index contributed by atoms with van der Waals surface area (Å²) < 4.78 is 28.7. The Labute approximate surface area is 123 Å². The maximum Gasteiger partial charge on any atom is 0.150 e. The van der Waals surface area contributed by atoms with E-state index in [0.717, 1.165) is 16.6 Å². The predicted molar refractivity (Wildman–Crippen MR) is 81.4 cm³/mol. The number of nitrogens with one attached hydrogen (secondary N) is 1. The second kappa shape index (κ2) is 7.26. The lowest BCUT2D eigenvalue weighted by atomic mass is 10.1. The molecule has 0 radical (unpaired) electrons. The fraction of sp³-hybridized carbons (Fsp3) is 0.538. The van der Waals surface area contributed by atoms with Crippen LogP contribution in [-0.4, -0.2) is 33.6 Å². The first-order chi connectivity index (χ1) is 8.83. The highest BCUT2D eigenvalue weighted by Crippen LogP contribution is 2.28. The second-order valence-electron chi connectivity index (χ2n) is 4.44. The molecule has 0 fully saturated rings. The zero-order valence-electron chi connectivity index (χ0n) is 11.4. The first-order valence-electron chi connectivity index (χ1n) is 6.17. The lowest BCUT2D eigenvalue weighted by molar-refractivity contribution is 0.333. The molecule has 0 spiro atoms. The van der Waals surface area contributed by atoms with Gasteiger partial charge in [0.15, 0.2) is 9.84 Å². The van der Waals surface area contributed by atoms with Gasteiger partial charge in [-0.2, -0.15) is 0 Å². The topological polar surface area (TPSA) is 55.4 Å². The van der Waals surface area contributed by atoms with E-state index in [-0.39, 0.29) is 18.4 Å². The van der Waals surface area contributed by atoms with Crippen LogP contribution in [0, 0.1) is 0 Å². The smallest absolute Gasteiger partial charge is 0.150 e. The van der Waals surface area contributed by atoms with Crippen LogP contribution < -0.4 is 10.1 Å². The van der Waals surface area contributed by atoms with Crippen LogP contribution in [0.15, 0.2) is 22.7 Å². The molecule has 0 heterocycles. The molecule has 1 aromatic rings. The maximum atomic E-state index is 11.1. The summed E-state index contributed by atoms with van der Waals surface area (Å²) >= 11 is 3.40. The lowest BCUT2D eigenvalue weighted by Crippen LogP contribution is -2.19. The van der Waals surface area contributed by atoms with Crippen LogP contribution in [0.2, 0.25) is 0 Å². The highest BCUT2D eigenvalue weighted by Gasteiger charge is 2.12. The molecule has 19 heavy (non-hydrogen) atoms. The Kier molecular flexibility index (Phi) is 6.29. The van der Waals surface area contributed by atoms with Crippen molar-refractivity contribution in [2.45, 2.75) is 19.9 Å². The first kappa shape index (κ1) is 16.5. The second-order valence-corrected chi connectivity index (χ2v) is 7.62. The van der Waals surface area contributed by atoms with Gasteiger partial charge in [0.05, 0.1) is 5.75 Å². The van der Waals surface area contributed by atoms with E-state index in [0.29, 0.717) is 5.75 Å². The fourth-order valence-corrected chi connectivity index (χ4v) is 2.44. The number of hydrogen-bond donors (Lipinski definition) is 1. The van der Waals surface area contributed by atoms with Crippen molar-refractivity contribution < 1.29 is 13.2 Å². The monoisotopic (exact) mass is 349 g/mol. The molecular weight excluding hydrogens is 330 g/mol. The number of ether oxygens (including phenoxy) is 1. The summed E-state index contributed by atoms with van der Waals surface area (Å²) in [5.41, 5.74) is 1.03. The Bertz CT molecular complexity index is 517. The summed E-state index contributed by atoms with van der Waals surface area (Å²) in [7, 11) is -3.00. The van der Waals surface area contributed by atoms with Gasteiger partial charge in [0.2, 0.25) is 0 Å². The van der Waals surface area contributed by atoms with Crippen LogP contribution in [0.1, 0.15) is 25.5 Å². The van der Waals surface area contributed by atoms with Gasteiger partial charge in [0, 0.05) is 22.3 Å². The summed E-state index contributed by atoms with van der Waals surface area (Å²) in [5.74, 6) is 0.737. The highest BCUT2D eigenvalue weighted by molar-refractivity contribution is 9.10. The van der Waals surface area contributed by atoms with Crippen LogP contribution in [0.5, 0.6) is 5.75 Å². The van der Waals surface area contributed by atoms with E-state index in [9.17, 15) is 8.42 Å². The molecule has 0 aliphatic heterocycles. The van der Waals surface area contributed by atoms with Crippen molar-refractivity contribution in [3.8, 4) is 5.75 Å². The van der Waals surface area contributed by atoms with Gasteiger partial charge in [-0.3, -0.25) is 0 Å². The molecule has 0 aliphatic rings. The zero-order valence-corrected chi connectivity index (χ0v) is 13.8. The minimum Gasteiger partial charge on any atom is -0.492 e. The molecule has 1 rings (SSSR count). The quantitative estimate of drug-likeness (QED) is 0.821. The van der Waals surface area contributed by atoms with Crippen LogP contribution in [0.4, 0.5) is 0 Å². The fourth-order valence-electron chi connectivity index (χ4n) is 1.71. The summed E-state index contributed by atoms with van der Waals surface area (Å²) in [4.78, 5) is 0. The van der Waals surface area contributed by atoms with Gasteiger partial charge >= 0.3 is 0 Å². The van der Waals surface area contributed by atoms with Gasteiger partial charge < -0.3 is 10.1 Å².